The summed E-state index contributed by atoms with van der Waals surface area (Å²) in [6, 6.07) is -0.778. The molecule has 0 radical (unpaired) electrons. The maximum absolute atomic E-state index is 11.1. The van der Waals surface area contributed by atoms with Crippen LogP contribution in [0.25, 0.3) is 0 Å². The summed E-state index contributed by atoms with van der Waals surface area (Å²) in [6.45, 7) is 2.44. The van der Waals surface area contributed by atoms with Crippen LogP contribution in [-0.4, -0.2) is 47.8 Å². The number of hydrogen-bond donors (Lipinski definition) is 4. The Balaban J connectivity index is 3.85. The SMILES string of the molecule is CCNC(=O)CCC(NCCO)C(=O)O. The summed E-state index contributed by atoms with van der Waals surface area (Å²) in [5.41, 5.74) is 0. The molecule has 0 aromatic rings. The number of nitrogens with one attached hydrogen (secondary N) is 2. The Morgan fingerprint density at radius 2 is 2.07 bits per heavy atom. The fraction of sp³-hybridized carbons (Fsp3) is 0.778. The molecule has 0 spiro atoms. The van der Waals surface area contributed by atoms with E-state index in [0.717, 1.165) is 0 Å². The van der Waals surface area contributed by atoms with Gasteiger partial charge in [-0.05, 0) is 13.3 Å². The number of carbonyl (C=O) groups is 2. The zero-order valence-corrected chi connectivity index (χ0v) is 8.82. The van der Waals surface area contributed by atoms with Crippen LogP contribution in [0.15, 0.2) is 0 Å². The lowest BCUT2D eigenvalue weighted by atomic mass is 10.1. The van der Waals surface area contributed by atoms with Crippen LogP contribution in [0.3, 0.4) is 0 Å². The Morgan fingerprint density at radius 1 is 1.40 bits per heavy atom. The monoisotopic (exact) mass is 218 g/mol. The third-order valence-electron chi connectivity index (χ3n) is 1.83. The smallest absolute Gasteiger partial charge is 0.320 e. The van der Waals surface area contributed by atoms with Gasteiger partial charge in [0.25, 0.3) is 0 Å². The minimum atomic E-state index is -1.01. The van der Waals surface area contributed by atoms with Crippen molar-refractivity contribution in [2.75, 3.05) is 19.7 Å². The fourth-order valence-corrected chi connectivity index (χ4v) is 1.11. The summed E-state index contributed by atoms with van der Waals surface area (Å²) in [7, 11) is 0. The normalized spacial score (nSPS) is 12.1. The summed E-state index contributed by atoms with van der Waals surface area (Å²) >= 11 is 0. The lowest BCUT2D eigenvalue weighted by Gasteiger charge is -2.12. The number of rotatable bonds is 8. The topological polar surface area (TPSA) is 98.7 Å². The molecule has 0 aliphatic carbocycles. The van der Waals surface area contributed by atoms with E-state index in [1.807, 2.05) is 0 Å². The highest BCUT2D eigenvalue weighted by Gasteiger charge is 2.17. The molecule has 0 saturated carbocycles. The van der Waals surface area contributed by atoms with E-state index in [-0.39, 0.29) is 31.9 Å². The van der Waals surface area contributed by atoms with Crippen LogP contribution in [-0.2, 0) is 9.59 Å². The van der Waals surface area contributed by atoms with Gasteiger partial charge >= 0.3 is 5.97 Å². The molecule has 0 rings (SSSR count). The van der Waals surface area contributed by atoms with E-state index in [4.69, 9.17) is 10.2 Å². The molecule has 1 unspecified atom stereocenters. The van der Waals surface area contributed by atoms with Gasteiger partial charge in [-0.3, -0.25) is 9.59 Å². The highest BCUT2D eigenvalue weighted by atomic mass is 16.4. The molecule has 0 saturated heterocycles. The molecule has 88 valence electrons. The number of aliphatic hydroxyl groups excluding tert-OH is 1. The molecule has 6 heteroatoms. The molecule has 0 aliphatic rings. The summed E-state index contributed by atoms with van der Waals surface area (Å²) in [5.74, 6) is -1.16. The summed E-state index contributed by atoms with van der Waals surface area (Å²) < 4.78 is 0. The van der Waals surface area contributed by atoms with Crippen molar-refractivity contribution in [3.8, 4) is 0 Å². The zero-order chi connectivity index (χ0) is 11.7. The largest absolute Gasteiger partial charge is 0.480 e. The van der Waals surface area contributed by atoms with E-state index in [2.05, 4.69) is 10.6 Å². The second kappa shape index (κ2) is 8.19. The molecule has 0 bridgehead atoms. The molecule has 6 nitrogen and oxygen atoms in total. The molecule has 0 fully saturated rings. The predicted molar refractivity (Wildman–Crippen MR) is 54.4 cm³/mol. The van der Waals surface area contributed by atoms with Gasteiger partial charge in [0.2, 0.25) is 5.91 Å². The summed E-state index contributed by atoms with van der Waals surface area (Å²) in [6.07, 6.45) is 0.393. The standard InChI is InChI=1S/C9H18N2O4/c1-2-10-8(13)4-3-7(9(14)15)11-5-6-12/h7,11-12H,2-6H2,1H3,(H,10,13)(H,14,15). The molecule has 0 aromatic carbocycles. The first-order valence-corrected chi connectivity index (χ1v) is 4.95. The van der Waals surface area contributed by atoms with Crippen molar-refractivity contribution in [1.29, 1.82) is 0 Å². The number of carbonyl (C=O) groups excluding carboxylic acids is 1. The number of carboxylic acids is 1. The number of aliphatic carboxylic acids is 1. The number of carboxylic acid groups (broad SMARTS) is 1. The highest BCUT2D eigenvalue weighted by molar-refractivity contribution is 5.78. The Morgan fingerprint density at radius 3 is 2.53 bits per heavy atom. The highest BCUT2D eigenvalue weighted by Crippen LogP contribution is 1.97. The molecule has 1 amide bonds. The van der Waals surface area contributed by atoms with Crippen LogP contribution in [0.2, 0.25) is 0 Å². The third-order valence-corrected chi connectivity index (χ3v) is 1.83. The van der Waals surface area contributed by atoms with Crippen molar-refractivity contribution in [3.63, 3.8) is 0 Å². The average Bonchev–Trinajstić information content (AvgIpc) is 2.17. The molecular formula is C9H18N2O4. The van der Waals surface area contributed by atoms with Gasteiger partial charge in [-0.2, -0.15) is 0 Å². The predicted octanol–water partition coefficient (Wildman–Crippen LogP) is -1.06. The number of amides is 1. The molecule has 0 heterocycles. The van der Waals surface area contributed by atoms with Crippen LogP contribution in [0.1, 0.15) is 19.8 Å². The van der Waals surface area contributed by atoms with Gasteiger partial charge in [0.15, 0.2) is 0 Å². The molecular weight excluding hydrogens is 200 g/mol. The van der Waals surface area contributed by atoms with Crippen molar-refractivity contribution in [2.24, 2.45) is 0 Å². The molecule has 4 N–H and O–H groups in total. The lowest BCUT2D eigenvalue weighted by molar-refractivity contribution is -0.139. The van der Waals surface area contributed by atoms with Crippen LogP contribution >= 0.6 is 0 Å². The Hall–Kier alpha value is -1.14. The number of aliphatic hydroxyl groups is 1. The van der Waals surface area contributed by atoms with Gasteiger partial charge in [0.05, 0.1) is 6.61 Å². The first-order valence-electron chi connectivity index (χ1n) is 4.95. The van der Waals surface area contributed by atoms with Crippen molar-refractivity contribution in [1.82, 2.24) is 10.6 Å². The van der Waals surface area contributed by atoms with Gasteiger partial charge in [0, 0.05) is 19.5 Å². The Labute approximate surface area is 88.7 Å². The minimum absolute atomic E-state index is 0.120. The summed E-state index contributed by atoms with van der Waals surface area (Å²) in [4.78, 5) is 21.8. The van der Waals surface area contributed by atoms with Crippen molar-refractivity contribution in [3.05, 3.63) is 0 Å². The molecule has 0 aromatic heterocycles. The second-order valence-electron chi connectivity index (χ2n) is 3.06. The lowest BCUT2D eigenvalue weighted by Crippen LogP contribution is -2.39. The van der Waals surface area contributed by atoms with Crippen LogP contribution < -0.4 is 10.6 Å². The average molecular weight is 218 g/mol. The molecule has 15 heavy (non-hydrogen) atoms. The zero-order valence-electron chi connectivity index (χ0n) is 8.82. The van der Waals surface area contributed by atoms with Crippen LogP contribution in [0, 0.1) is 0 Å². The Bertz CT molecular complexity index is 206. The summed E-state index contributed by atoms with van der Waals surface area (Å²) in [5, 5.41) is 22.5. The molecule has 0 aliphatic heterocycles. The van der Waals surface area contributed by atoms with Gasteiger partial charge in [-0.1, -0.05) is 0 Å². The Kier molecular flexibility index (Phi) is 7.57. The van der Waals surface area contributed by atoms with Crippen molar-refractivity contribution >= 4 is 11.9 Å². The third kappa shape index (κ3) is 6.87. The fourth-order valence-electron chi connectivity index (χ4n) is 1.11. The number of hydrogen-bond acceptors (Lipinski definition) is 4. The van der Waals surface area contributed by atoms with Gasteiger partial charge < -0.3 is 20.8 Å². The second-order valence-corrected chi connectivity index (χ2v) is 3.06. The van der Waals surface area contributed by atoms with Crippen LogP contribution in [0.4, 0.5) is 0 Å². The van der Waals surface area contributed by atoms with Gasteiger partial charge in [-0.25, -0.2) is 0 Å². The minimum Gasteiger partial charge on any atom is -0.480 e. The van der Waals surface area contributed by atoms with Gasteiger partial charge in [0.1, 0.15) is 6.04 Å². The maximum atomic E-state index is 11.1. The van der Waals surface area contributed by atoms with Gasteiger partial charge in [-0.15, -0.1) is 0 Å². The maximum Gasteiger partial charge on any atom is 0.320 e. The van der Waals surface area contributed by atoms with Crippen LogP contribution in [0.5, 0.6) is 0 Å². The van der Waals surface area contributed by atoms with E-state index < -0.39 is 12.0 Å². The first-order chi connectivity index (χ1) is 7.11. The van der Waals surface area contributed by atoms with E-state index in [1.165, 1.54) is 0 Å². The first kappa shape index (κ1) is 13.9. The van der Waals surface area contributed by atoms with Crippen molar-refractivity contribution < 1.29 is 19.8 Å². The van der Waals surface area contributed by atoms with E-state index in [1.54, 1.807) is 6.92 Å². The quantitative estimate of drug-likeness (QED) is 0.416. The van der Waals surface area contributed by atoms with Crippen molar-refractivity contribution in [2.45, 2.75) is 25.8 Å². The molecule has 1 atom stereocenters. The van der Waals surface area contributed by atoms with E-state index in [9.17, 15) is 9.59 Å². The van der Waals surface area contributed by atoms with E-state index >= 15 is 0 Å². The van der Waals surface area contributed by atoms with E-state index in [0.29, 0.717) is 6.54 Å².